The summed E-state index contributed by atoms with van der Waals surface area (Å²) in [6.45, 7) is 0. The van der Waals surface area contributed by atoms with Crippen LogP contribution in [0.15, 0.2) is 36.7 Å². The van der Waals surface area contributed by atoms with Gasteiger partial charge in [0.25, 0.3) is 0 Å². The largest absolute Gasteiger partial charge is 0.339 e. The summed E-state index contributed by atoms with van der Waals surface area (Å²) in [7, 11) is 0. The molecule has 0 unspecified atom stereocenters. The van der Waals surface area contributed by atoms with Crippen molar-refractivity contribution in [1.29, 1.82) is 5.26 Å². The van der Waals surface area contributed by atoms with Gasteiger partial charge in [0, 0.05) is 5.69 Å². The van der Waals surface area contributed by atoms with Crippen LogP contribution >= 0.6 is 0 Å². The van der Waals surface area contributed by atoms with Crippen LogP contribution in [0.3, 0.4) is 0 Å². The Balaban J connectivity index is 2.15. The second-order valence-corrected chi connectivity index (χ2v) is 3.03. The SMILES string of the molecule is N#Cc1cnc(Nc2ccc(F)cc2)cn1. The number of nitriles is 1. The van der Waals surface area contributed by atoms with E-state index < -0.39 is 0 Å². The smallest absolute Gasteiger partial charge is 0.158 e. The second kappa shape index (κ2) is 4.36. The van der Waals surface area contributed by atoms with Crippen LogP contribution in [0.4, 0.5) is 15.9 Å². The Labute approximate surface area is 91.4 Å². The van der Waals surface area contributed by atoms with Crippen molar-refractivity contribution < 1.29 is 4.39 Å². The normalized spacial score (nSPS) is 9.50. The molecule has 78 valence electrons. The fraction of sp³-hybridized carbons (Fsp3) is 0. The van der Waals surface area contributed by atoms with E-state index in [-0.39, 0.29) is 11.5 Å². The maximum absolute atomic E-state index is 12.6. The van der Waals surface area contributed by atoms with Crippen LogP contribution in [0, 0.1) is 17.1 Å². The quantitative estimate of drug-likeness (QED) is 0.832. The molecule has 1 aromatic carbocycles. The van der Waals surface area contributed by atoms with Gasteiger partial charge in [0.1, 0.15) is 17.7 Å². The molecule has 0 saturated heterocycles. The zero-order chi connectivity index (χ0) is 11.4. The Bertz CT molecular complexity index is 513. The molecular weight excluding hydrogens is 207 g/mol. The Morgan fingerprint density at radius 3 is 2.44 bits per heavy atom. The highest BCUT2D eigenvalue weighted by atomic mass is 19.1. The first-order chi connectivity index (χ1) is 7.78. The van der Waals surface area contributed by atoms with Crippen LogP contribution in [0.1, 0.15) is 5.69 Å². The lowest BCUT2D eigenvalue weighted by Crippen LogP contribution is -1.95. The van der Waals surface area contributed by atoms with Gasteiger partial charge in [-0.3, -0.25) is 0 Å². The molecular formula is C11H7FN4. The van der Waals surface area contributed by atoms with Crippen LogP contribution in [-0.4, -0.2) is 9.97 Å². The summed E-state index contributed by atoms with van der Waals surface area (Å²) in [4.78, 5) is 7.83. The van der Waals surface area contributed by atoms with Crippen molar-refractivity contribution >= 4 is 11.5 Å². The molecule has 0 bridgehead atoms. The van der Waals surface area contributed by atoms with Gasteiger partial charge in [-0.1, -0.05) is 0 Å². The maximum Gasteiger partial charge on any atom is 0.158 e. The molecule has 5 heteroatoms. The van der Waals surface area contributed by atoms with E-state index in [1.807, 2.05) is 6.07 Å². The van der Waals surface area contributed by atoms with Crippen LogP contribution in [0.5, 0.6) is 0 Å². The van der Waals surface area contributed by atoms with Crippen LogP contribution in [-0.2, 0) is 0 Å². The molecule has 0 radical (unpaired) electrons. The number of hydrogen-bond donors (Lipinski definition) is 1. The molecule has 4 nitrogen and oxygen atoms in total. The van der Waals surface area contributed by atoms with Gasteiger partial charge < -0.3 is 5.32 Å². The van der Waals surface area contributed by atoms with E-state index in [1.54, 1.807) is 12.1 Å². The van der Waals surface area contributed by atoms with E-state index in [0.29, 0.717) is 11.5 Å². The Morgan fingerprint density at radius 1 is 1.12 bits per heavy atom. The van der Waals surface area contributed by atoms with E-state index in [2.05, 4.69) is 15.3 Å². The van der Waals surface area contributed by atoms with Crippen molar-refractivity contribution in [3.8, 4) is 6.07 Å². The Hall–Kier alpha value is -2.48. The number of aromatic nitrogens is 2. The van der Waals surface area contributed by atoms with Gasteiger partial charge in [0.05, 0.1) is 12.4 Å². The molecule has 0 fully saturated rings. The highest BCUT2D eigenvalue weighted by molar-refractivity contribution is 5.54. The third-order valence-electron chi connectivity index (χ3n) is 1.88. The summed E-state index contributed by atoms with van der Waals surface area (Å²) in [5.41, 5.74) is 0.963. The van der Waals surface area contributed by atoms with Crippen molar-refractivity contribution in [1.82, 2.24) is 9.97 Å². The molecule has 0 saturated carbocycles. The number of nitrogens with one attached hydrogen (secondary N) is 1. The molecule has 0 atom stereocenters. The fourth-order valence-electron chi connectivity index (χ4n) is 1.13. The lowest BCUT2D eigenvalue weighted by molar-refractivity contribution is 0.628. The Morgan fingerprint density at radius 2 is 1.88 bits per heavy atom. The van der Waals surface area contributed by atoms with Crippen molar-refractivity contribution in [2.75, 3.05) is 5.32 Å². The molecule has 0 aliphatic carbocycles. The molecule has 2 aromatic rings. The van der Waals surface area contributed by atoms with Crippen molar-refractivity contribution in [2.24, 2.45) is 0 Å². The predicted octanol–water partition coefficient (Wildman–Crippen LogP) is 2.23. The van der Waals surface area contributed by atoms with Crippen molar-refractivity contribution in [2.45, 2.75) is 0 Å². The first kappa shape index (κ1) is 10.1. The van der Waals surface area contributed by atoms with Crippen molar-refractivity contribution in [3.63, 3.8) is 0 Å². The second-order valence-electron chi connectivity index (χ2n) is 3.03. The number of halogens is 1. The lowest BCUT2D eigenvalue weighted by atomic mass is 10.3. The summed E-state index contributed by atoms with van der Waals surface area (Å²) in [5, 5.41) is 11.5. The highest BCUT2D eigenvalue weighted by Gasteiger charge is 1.97. The first-order valence-electron chi connectivity index (χ1n) is 4.52. The van der Waals surface area contributed by atoms with E-state index in [9.17, 15) is 4.39 Å². The van der Waals surface area contributed by atoms with Crippen molar-refractivity contribution in [3.05, 3.63) is 48.2 Å². The van der Waals surface area contributed by atoms with Gasteiger partial charge in [0.2, 0.25) is 0 Å². The minimum atomic E-state index is -0.295. The third kappa shape index (κ3) is 2.30. The number of rotatable bonds is 2. The summed E-state index contributed by atoms with van der Waals surface area (Å²) < 4.78 is 12.6. The molecule has 0 aliphatic heterocycles. The lowest BCUT2D eigenvalue weighted by Gasteiger charge is -2.04. The molecule has 1 N–H and O–H groups in total. The fourth-order valence-corrected chi connectivity index (χ4v) is 1.13. The topological polar surface area (TPSA) is 61.6 Å². The summed E-state index contributed by atoms with van der Waals surface area (Å²) >= 11 is 0. The minimum Gasteiger partial charge on any atom is -0.339 e. The molecule has 2 rings (SSSR count). The van der Waals surface area contributed by atoms with Gasteiger partial charge >= 0.3 is 0 Å². The predicted molar refractivity (Wildman–Crippen MR) is 56.4 cm³/mol. The van der Waals surface area contributed by atoms with Gasteiger partial charge in [-0.05, 0) is 24.3 Å². The molecule has 0 amide bonds. The van der Waals surface area contributed by atoms with Gasteiger partial charge in [0.15, 0.2) is 5.69 Å². The summed E-state index contributed by atoms with van der Waals surface area (Å²) in [5.74, 6) is 0.210. The van der Waals surface area contributed by atoms with E-state index in [4.69, 9.17) is 5.26 Å². The standard InChI is InChI=1S/C11H7FN4/c12-8-1-3-9(4-2-8)16-11-7-14-10(5-13)6-15-11/h1-4,6-7H,(H,15,16). The first-order valence-corrected chi connectivity index (χ1v) is 4.52. The molecule has 1 aromatic heterocycles. The van der Waals surface area contributed by atoms with Gasteiger partial charge in [-0.15, -0.1) is 0 Å². The molecule has 1 heterocycles. The molecule has 0 aliphatic rings. The highest BCUT2D eigenvalue weighted by Crippen LogP contribution is 2.13. The Kier molecular flexibility index (Phi) is 2.74. The van der Waals surface area contributed by atoms with Crippen LogP contribution in [0.25, 0.3) is 0 Å². The summed E-state index contributed by atoms with van der Waals surface area (Å²) in [6, 6.07) is 7.75. The van der Waals surface area contributed by atoms with Gasteiger partial charge in [-0.2, -0.15) is 5.26 Å². The number of hydrogen-bond acceptors (Lipinski definition) is 4. The monoisotopic (exact) mass is 214 g/mol. The number of nitrogens with zero attached hydrogens (tertiary/aromatic N) is 3. The van der Waals surface area contributed by atoms with Crippen LogP contribution < -0.4 is 5.32 Å². The average molecular weight is 214 g/mol. The van der Waals surface area contributed by atoms with Crippen LogP contribution in [0.2, 0.25) is 0 Å². The zero-order valence-electron chi connectivity index (χ0n) is 8.18. The van der Waals surface area contributed by atoms with E-state index >= 15 is 0 Å². The van der Waals surface area contributed by atoms with E-state index in [1.165, 1.54) is 24.5 Å². The number of benzene rings is 1. The average Bonchev–Trinajstić information content (AvgIpc) is 2.33. The maximum atomic E-state index is 12.6. The number of anilines is 2. The minimum absolute atomic E-state index is 0.254. The zero-order valence-corrected chi connectivity index (χ0v) is 8.18. The molecule has 0 spiro atoms. The van der Waals surface area contributed by atoms with E-state index in [0.717, 1.165) is 0 Å². The summed E-state index contributed by atoms with van der Waals surface area (Å²) in [6.07, 6.45) is 2.81. The third-order valence-corrected chi connectivity index (χ3v) is 1.88. The van der Waals surface area contributed by atoms with Gasteiger partial charge in [-0.25, -0.2) is 14.4 Å². The molecule has 16 heavy (non-hydrogen) atoms.